The van der Waals surface area contributed by atoms with Crippen molar-refractivity contribution in [1.29, 1.82) is 0 Å². The lowest BCUT2D eigenvalue weighted by atomic mass is 9.79. The Morgan fingerprint density at radius 3 is 2.29 bits per heavy atom. The largest absolute Gasteiger partial charge is 0.353 e. The van der Waals surface area contributed by atoms with Gasteiger partial charge in [0.15, 0.2) is 0 Å². The molecular formula is C15H29NO. The topological polar surface area (TPSA) is 29.1 Å². The maximum atomic E-state index is 11.2. The van der Waals surface area contributed by atoms with Crippen molar-refractivity contribution in [2.45, 2.75) is 78.7 Å². The van der Waals surface area contributed by atoms with Crippen LogP contribution in [0.1, 0.15) is 72.6 Å². The summed E-state index contributed by atoms with van der Waals surface area (Å²) in [6, 6.07) is 0.321. The second-order valence-electron chi connectivity index (χ2n) is 6.70. The molecule has 0 aromatic heterocycles. The van der Waals surface area contributed by atoms with Gasteiger partial charge >= 0.3 is 0 Å². The molecule has 1 N–H and O–H groups in total. The Balaban J connectivity index is 2.40. The molecule has 1 fully saturated rings. The Bertz CT molecular complexity index is 236. The summed E-state index contributed by atoms with van der Waals surface area (Å²) in [7, 11) is 0. The molecule has 1 amide bonds. The fourth-order valence-electron chi connectivity index (χ4n) is 2.85. The van der Waals surface area contributed by atoms with E-state index < -0.39 is 0 Å². The predicted molar refractivity (Wildman–Crippen MR) is 72.9 cm³/mol. The Kier molecular flexibility index (Phi) is 5.48. The quantitative estimate of drug-likeness (QED) is 0.792. The normalized spacial score (nSPS) is 20.0. The molecule has 0 heterocycles. The predicted octanol–water partition coefficient (Wildman–Crippen LogP) is 3.90. The third-order valence-electron chi connectivity index (χ3n) is 4.01. The lowest BCUT2D eigenvalue weighted by molar-refractivity contribution is -0.120. The standard InChI is InChI=1S/C15H29NO/c1-12(17)16-14(15(2,3)4)11-10-13-8-6-5-7-9-13/h13-14H,5-11H2,1-4H3,(H,16,17)/t14-/m0/s1. The Hall–Kier alpha value is -0.530. The average molecular weight is 239 g/mol. The third kappa shape index (κ3) is 5.56. The van der Waals surface area contributed by atoms with E-state index in [1.165, 1.54) is 38.5 Å². The summed E-state index contributed by atoms with van der Waals surface area (Å²) in [4.78, 5) is 11.2. The van der Waals surface area contributed by atoms with Crippen molar-refractivity contribution < 1.29 is 4.79 Å². The van der Waals surface area contributed by atoms with Crippen molar-refractivity contribution in [1.82, 2.24) is 5.32 Å². The number of amides is 1. The summed E-state index contributed by atoms with van der Waals surface area (Å²) in [5.74, 6) is 1.01. The number of rotatable bonds is 4. The molecule has 0 aromatic rings. The summed E-state index contributed by atoms with van der Waals surface area (Å²) >= 11 is 0. The fraction of sp³-hybridized carbons (Fsp3) is 0.933. The van der Waals surface area contributed by atoms with Gasteiger partial charge in [-0.1, -0.05) is 52.9 Å². The smallest absolute Gasteiger partial charge is 0.217 e. The molecule has 17 heavy (non-hydrogen) atoms. The van der Waals surface area contributed by atoms with E-state index in [0.717, 1.165) is 12.3 Å². The fourth-order valence-corrected chi connectivity index (χ4v) is 2.85. The molecule has 2 heteroatoms. The van der Waals surface area contributed by atoms with Crippen LogP contribution in [0, 0.1) is 11.3 Å². The maximum absolute atomic E-state index is 11.2. The van der Waals surface area contributed by atoms with Crippen LogP contribution in [0.5, 0.6) is 0 Å². The Morgan fingerprint density at radius 2 is 1.82 bits per heavy atom. The van der Waals surface area contributed by atoms with Crippen molar-refractivity contribution in [2.24, 2.45) is 11.3 Å². The highest BCUT2D eigenvalue weighted by Gasteiger charge is 2.26. The minimum absolute atomic E-state index is 0.105. The van der Waals surface area contributed by atoms with Crippen LogP contribution < -0.4 is 5.32 Å². The molecule has 1 aliphatic carbocycles. The van der Waals surface area contributed by atoms with Gasteiger partial charge in [-0.3, -0.25) is 4.79 Å². The molecule has 2 nitrogen and oxygen atoms in total. The van der Waals surface area contributed by atoms with Gasteiger partial charge in [0.1, 0.15) is 0 Å². The zero-order chi connectivity index (χ0) is 12.9. The van der Waals surface area contributed by atoms with E-state index in [9.17, 15) is 4.79 Å². The van der Waals surface area contributed by atoms with Crippen LogP contribution in [-0.4, -0.2) is 11.9 Å². The second kappa shape index (κ2) is 6.42. The molecule has 0 saturated heterocycles. The summed E-state index contributed by atoms with van der Waals surface area (Å²) in [6.45, 7) is 8.27. The molecule has 1 rings (SSSR count). The molecule has 0 aliphatic heterocycles. The molecule has 1 saturated carbocycles. The number of hydrogen-bond donors (Lipinski definition) is 1. The SMILES string of the molecule is CC(=O)N[C@@H](CCC1CCCCC1)C(C)(C)C. The summed E-state index contributed by atoms with van der Waals surface area (Å²) < 4.78 is 0. The van der Waals surface area contributed by atoms with E-state index in [1.807, 2.05) is 0 Å². The molecule has 1 aliphatic rings. The van der Waals surface area contributed by atoms with Crippen molar-refractivity contribution in [3.63, 3.8) is 0 Å². The van der Waals surface area contributed by atoms with Gasteiger partial charge in [0.25, 0.3) is 0 Å². The lowest BCUT2D eigenvalue weighted by Gasteiger charge is -2.33. The summed E-state index contributed by atoms with van der Waals surface area (Å²) in [5, 5.41) is 3.12. The first-order chi connectivity index (χ1) is 7.89. The molecule has 0 bridgehead atoms. The van der Waals surface area contributed by atoms with Gasteiger partial charge in [0.05, 0.1) is 0 Å². The number of hydrogen-bond acceptors (Lipinski definition) is 1. The van der Waals surface area contributed by atoms with Crippen molar-refractivity contribution in [3.8, 4) is 0 Å². The molecule has 0 spiro atoms. The van der Waals surface area contributed by atoms with Gasteiger partial charge in [-0.25, -0.2) is 0 Å². The summed E-state index contributed by atoms with van der Waals surface area (Å²) in [6.07, 6.45) is 9.45. The molecule has 100 valence electrons. The van der Waals surface area contributed by atoms with Gasteiger partial charge in [-0.05, 0) is 24.2 Å². The van der Waals surface area contributed by atoms with Gasteiger partial charge < -0.3 is 5.32 Å². The Labute approximate surface area is 107 Å². The van der Waals surface area contributed by atoms with Crippen LogP contribution in [0.4, 0.5) is 0 Å². The second-order valence-corrected chi connectivity index (χ2v) is 6.70. The Morgan fingerprint density at radius 1 is 1.24 bits per heavy atom. The van der Waals surface area contributed by atoms with Crippen molar-refractivity contribution in [3.05, 3.63) is 0 Å². The minimum atomic E-state index is 0.105. The van der Waals surface area contributed by atoms with E-state index >= 15 is 0 Å². The molecule has 0 radical (unpaired) electrons. The van der Waals surface area contributed by atoms with Crippen LogP contribution in [0.3, 0.4) is 0 Å². The number of carbonyl (C=O) groups excluding carboxylic acids is 1. The zero-order valence-corrected chi connectivity index (χ0v) is 12.0. The molecule has 0 unspecified atom stereocenters. The first-order valence-electron chi connectivity index (χ1n) is 7.16. The summed E-state index contributed by atoms with van der Waals surface area (Å²) in [5.41, 5.74) is 0.167. The highest BCUT2D eigenvalue weighted by molar-refractivity contribution is 5.73. The van der Waals surface area contributed by atoms with Crippen LogP contribution in [-0.2, 0) is 4.79 Å². The van der Waals surface area contributed by atoms with Gasteiger partial charge in [-0.15, -0.1) is 0 Å². The maximum Gasteiger partial charge on any atom is 0.217 e. The van der Waals surface area contributed by atoms with E-state index in [-0.39, 0.29) is 11.3 Å². The lowest BCUT2D eigenvalue weighted by Crippen LogP contribution is -2.43. The van der Waals surface area contributed by atoms with Gasteiger partial charge in [0, 0.05) is 13.0 Å². The van der Waals surface area contributed by atoms with Gasteiger partial charge in [0.2, 0.25) is 5.91 Å². The molecular weight excluding hydrogens is 210 g/mol. The molecule has 1 atom stereocenters. The highest BCUT2D eigenvalue weighted by atomic mass is 16.1. The van der Waals surface area contributed by atoms with Crippen LogP contribution in [0.15, 0.2) is 0 Å². The number of carbonyl (C=O) groups is 1. The average Bonchev–Trinajstić information content (AvgIpc) is 2.23. The zero-order valence-electron chi connectivity index (χ0n) is 12.0. The monoisotopic (exact) mass is 239 g/mol. The van der Waals surface area contributed by atoms with Crippen LogP contribution in [0.25, 0.3) is 0 Å². The van der Waals surface area contributed by atoms with Crippen molar-refractivity contribution >= 4 is 5.91 Å². The van der Waals surface area contributed by atoms with Crippen LogP contribution in [0.2, 0.25) is 0 Å². The molecule has 0 aromatic carbocycles. The van der Waals surface area contributed by atoms with Crippen LogP contribution >= 0.6 is 0 Å². The highest BCUT2D eigenvalue weighted by Crippen LogP contribution is 2.30. The van der Waals surface area contributed by atoms with E-state index in [2.05, 4.69) is 26.1 Å². The number of nitrogens with one attached hydrogen (secondary N) is 1. The van der Waals surface area contributed by atoms with E-state index in [1.54, 1.807) is 6.92 Å². The first-order valence-corrected chi connectivity index (χ1v) is 7.16. The van der Waals surface area contributed by atoms with E-state index in [0.29, 0.717) is 6.04 Å². The first kappa shape index (κ1) is 14.5. The van der Waals surface area contributed by atoms with E-state index in [4.69, 9.17) is 0 Å². The minimum Gasteiger partial charge on any atom is -0.353 e. The third-order valence-corrected chi connectivity index (χ3v) is 4.01. The van der Waals surface area contributed by atoms with Gasteiger partial charge in [-0.2, -0.15) is 0 Å². The van der Waals surface area contributed by atoms with Crippen molar-refractivity contribution in [2.75, 3.05) is 0 Å².